The molecule has 0 aliphatic rings. The fourth-order valence-electron chi connectivity index (χ4n) is 2.38. The lowest BCUT2D eigenvalue weighted by atomic mass is 9.98. The smallest absolute Gasteiger partial charge is 0.408 e. The summed E-state index contributed by atoms with van der Waals surface area (Å²) in [6, 6.07) is 4.56. The molecule has 7 heteroatoms. The normalized spacial score (nSPS) is 13.8. The lowest BCUT2D eigenvalue weighted by Crippen LogP contribution is -2.50. The van der Waals surface area contributed by atoms with Gasteiger partial charge in [-0.25, -0.2) is 9.59 Å². The molecule has 1 unspecified atom stereocenters. The van der Waals surface area contributed by atoms with Crippen molar-refractivity contribution >= 4 is 22.8 Å². The number of aryl methyl sites for hydroxylation is 1. The Balaban J connectivity index is 2.13. The molecule has 0 radical (unpaired) electrons. The first-order chi connectivity index (χ1) is 10.4. The van der Waals surface area contributed by atoms with Crippen molar-refractivity contribution in [3.63, 3.8) is 0 Å². The standard InChI is InChI=1S/C15H21N3O4/c1-4-7-15(2,9-19)17-13(20)16-10-5-6-11-12(8-10)22-14(21)18(11)3/h5-6,8,19H,4,7,9H2,1-3H3,(H2,16,17,20). The van der Waals surface area contributed by atoms with Crippen molar-refractivity contribution in [3.05, 3.63) is 28.7 Å². The van der Waals surface area contributed by atoms with E-state index in [4.69, 9.17) is 4.42 Å². The number of urea groups is 1. The van der Waals surface area contributed by atoms with E-state index in [0.29, 0.717) is 23.2 Å². The Bertz CT molecular complexity index is 734. The second kappa shape index (κ2) is 6.23. The maximum Gasteiger partial charge on any atom is 0.419 e. The molecule has 0 fully saturated rings. The number of fused-ring (bicyclic) bond motifs is 1. The summed E-state index contributed by atoms with van der Waals surface area (Å²) < 4.78 is 6.47. The number of carbonyl (C=O) groups is 1. The van der Waals surface area contributed by atoms with E-state index < -0.39 is 17.3 Å². The molecule has 0 saturated carbocycles. The number of aliphatic hydroxyl groups is 1. The summed E-state index contributed by atoms with van der Waals surface area (Å²) in [4.78, 5) is 23.5. The summed E-state index contributed by atoms with van der Waals surface area (Å²) in [5, 5.41) is 14.8. The van der Waals surface area contributed by atoms with E-state index in [2.05, 4.69) is 10.6 Å². The summed E-state index contributed by atoms with van der Waals surface area (Å²) >= 11 is 0. The summed E-state index contributed by atoms with van der Waals surface area (Å²) in [6.45, 7) is 3.63. The highest BCUT2D eigenvalue weighted by molar-refractivity contribution is 5.92. The maximum atomic E-state index is 12.0. The average Bonchev–Trinajstić information content (AvgIpc) is 2.73. The van der Waals surface area contributed by atoms with Gasteiger partial charge in [0.15, 0.2) is 5.58 Å². The van der Waals surface area contributed by atoms with E-state index in [0.717, 1.165) is 6.42 Å². The number of anilines is 1. The van der Waals surface area contributed by atoms with Crippen LogP contribution in [0.1, 0.15) is 26.7 Å². The average molecular weight is 307 g/mol. The third-order valence-corrected chi connectivity index (χ3v) is 3.62. The van der Waals surface area contributed by atoms with Crippen LogP contribution in [0.3, 0.4) is 0 Å². The Hall–Kier alpha value is -2.28. The van der Waals surface area contributed by atoms with E-state index in [9.17, 15) is 14.7 Å². The van der Waals surface area contributed by atoms with Crippen LogP contribution in [0, 0.1) is 0 Å². The van der Waals surface area contributed by atoms with Crippen LogP contribution in [0.2, 0.25) is 0 Å². The van der Waals surface area contributed by atoms with Gasteiger partial charge < -0.3 is 20.2 Å². The molecule has 0 saturated heterocycles. The van der Waals surface area contributed by atoms with E-state index in [1.165, 1.54) is 4.57 Å². The first kappa shape index (κ1) is 16.1. The number of benzene rings is 1. The number of amides is 2. The highest BCUT2D eigenvalue weighted by Gasteiger charge is 2.24. The molecule has 1 aromatic heterocycles. The molecule has 1 heterocycles. The summed E-state index contributed by atoms with van der Waals surface area (Å²) in [5.41, 5.74) is 0.907. The van der Waals surface area contributed by atoms with Crippen LogP contribution in [0.25, 0.3) is 11.1 Å². The minimum atomic E-state index is -0.664. The first-order valence-electron chi connectivity index (χ1n) is 7.18. The Morgan fingerprint density at radius 1 is 1.45 bits per heavy atom. The zero-order chi connectivity index (χ0) is 16.3. The molecule has 1 aromatic carbocycles. The van der Waals surface area contributed by atoms with Gasteiger partial charge in [-0.1, -0.05) is 13.3 Å². The Morgan fingerprint density at radius 3 is 2.82 bits per heavy atom. The molecule has 2 amide bonds. The predicted octanol–water partition coefficient (Wildman–Crippen LogP) is 1.80. The molecular formula is C15H21N3O4. The lowest BCUT2D eigenvalue weighted by molar-refractivity contribution is 0.167. The van der Waals surface area contributed by atoms with Crippen LogP contribution < -0.4 is 16.4 Å². The van der Waals surface area contributed by atoms with E-state index in [1.54, 1.807) is 32.2 Å². The van der Waals surface area contributed by atoms with Crippen molar-refractivity contribution in [1.29, 1.82) is 0 Å². The lowest BCUT2D eigenvalue weighted by Gasteiger charge is -2.28. The van der Waals surface area contributed by atoms with E-state index in [-0.39, 0.29) is 6.61 Å². The van der Waals surface area contributed by atoms with Crippen molar-refractivity contribution in [3.8, 4) is 0 Å². The molecule has 0 aliphatic heterocycles. The van der Waals surface area contributed by atoms with Gasteiger partial charge in [0.25, 0.3) is 0 Å². The quantitative estimate of drug-likeness (QED) is 0.784. The molecule has 2 rings (SSSR count). The van der Waals surface area contributed by atoms with Crippen molar-refractivity contribution in [1.82, 2.24) is 9.88 Å². The number of hydrogen-bond acceptors (Lipinski definition) is 4. The van der Waals surface area contributed by atoms with Crippen LogP contribution >= 0.6 is 0 Å². The number of hydrogen-bond donors (Lipinski definition) is 3. The summed E-state index contributed by atoms with van der Waals surface area (Å²) in [5.74, 6) is -0.451. The van der Waals surface area contributed by atoms with E-state index in [1.807, 2.05) is 6.92 Å². The van der Waals surface area contributed by atoms with Crippen molar-refractivity contribution < 1.29 is 14.3 Å². The fourth-order valence-corrected chi connectivity index (χ4v) is 2.38. The highest BCUT2D eigenvalue weighted by Crippen LogP contribution is 2.18. The molecule has 3 N–H and O–H groups in total. The second-order valence-corrected chi connectivity index (χ2v) is 5.66. The number of oxazole rings is 1. The number of carbonyl (C=O) groups excluding carboxylic acids is 1. The minimum absolute atomic E-state index is 0.138. The highest BCUT2D eigenvalue weighted by atomic mass is 16.4. The first-order valence-corrected chi connectivity index (χ1v) is 7.18. The monoisotopic (exact) mass is 307 g/mol. The molecule has 1 atom stereocenters. The van der Waals surface area contributed by atoms with Gasteiger partial charge in [0.1, 0.15) is 0 Å². The molecule has 22 heavy (non-hydrogen) atoms. The van der Waals surface area contributed by atoms with Crippen LogP contribution in [-0.4, -0.2) is 27.9 Å². The number of rotatable bonds is 5. The van der Waals surface area contributed by atoms with Crippen LogP contribution in [0.4, 0.5) is 10.5 Å². The van der Waals surface area contributed by atoms with E-state index >= 15 is 0 Å². The molecule has 0 bridgehead atoms. The molecule has 7 nitrogen and oxygen atoms in total. The maximum absolute atomic E-state index is 12.0. The zero-order valence-corrected chi connectivity index (χ0v) is 13.0. The van der Waals surface area contributed by atoms with Gasteiger partial charge >= 0.3 is 11.8 Å². The van der Waals surface area contributed by atoms with Gasteiger partial charge in [0.05, 0.1) is 17.7 Å². The zero-order valence-electron chi connectivity index (χ0n) is 13.0. The Kier molecular flexibility index (Phi) is 4.56. The number of nitrogens with zero attached hydrogens (tertiary/aromatic N) is 1. The third-order valence-electron chi connectivity index (χ3n) is 3.62. The third kappa shape index (κ3) is 3.30. The molecule has 0 spiro atoms. The van der Waals surface area contributed by atoms with Crippen LogP contribution in [0.15, 0.2) is 27.4 Å². The van der Waals surface area contributed by atoms with Gasteiger partial charge in [-0.15, -0.1) is 0 Å². The number of aromatic nitrogens is 1. The Morgan fingerprint density at radius 2 is 2.18 bits per heavy atom. The Labute approximate surface area is 127 Å². The van der Waals surface area contributed by atoms with Crippen molar-refractivity contribution in [2.45, 2.75) is 32.2 Å². The SMILES string of the molecule is CCCC(C)(CO)NC(=O)Nc1ccc2c(c1)oc(=O)n2C. The van der Waals surface area contributed by atoms with Gasteiger partial charge in [-0.3, -0.25) is 4.57 Å². The number of aliphatic hydroxyl groups excluding tert-OH is 1. The van der Waals surface area contributed by atoms with Gasteiger partial charge in [-0.2, -0.15) is 0 Å². The molecule has 0 aliphatic carbocycles. The molecule has 2 aromatic rings. The van der Waals surface area contributed by atoms with Gasteiger partial charge in [0, 0.05) is 18.8 Å². The summed E-state index contributed by atoms with van der Waals surface area (Å²) in [6.07, 6.45) is 1.52. The largest absolute Gasteiger partial charge is 0.419 e. The topological polar surface area (TPSA) is 96.5 Å². The fraction of sp³-hybridized carbons (Fsp3) is 0.467. The van der Waals surface area contributed by atoms with Crippen molar-refractivity contribution in [2.24, 2.45) is 7.05 Å². The van der Waals surface area contributed by atoms with Crippen molar-refractivity contribution in [2.75, 3.05) is 11.9 Å². The number of nitrogens with one attached hydrogen (secondary N) is 2. The van der Waals surface area contributed by atoms with Crippen LogP contribution in [-0.2, 0) is 7.05 Å². The predicted molar refractivity (Wildman–Crippen MR) is 84.0 cm³/mol. The molecule has 120 valence electrons. The van der Waals surface area contributed by atoms with Gasteiger partial charge in [0.2, 0.25) is 0 Å². The van der Waals surface area contributed by atoms with Gasteiger partial charge in [-0.05, 0) is 25.5 Å². The van der Waals surface area contributed by atoms with Crippen LogP contribution in [0.5, 0.6) is 0 Å². The molecular weight excluding hydrogens is 286 g/mol. The summed E-state index contributed by atoms with van der Waals surface area (Å²) in [7, 11) is 1.62. The minimum Gasteiger partial charge on any atom is -0.408 e. The second-order valence-electron chi connectivity index (χ2n) is 5.66.